The maximum atomic E-state index is 12.7. The first-order valence-electron chi connectivity index (χ1n) is 9.61. The fraction of sp³-hybridized carbons (Fsp3) is 0.650. The van der Waals surface area contributed by atoms with Gasteiger partial charge in [-0.2, -0.15) is 8.42 Å². The van der Waals surface area contributed by atoms with Crippen LogP contribution in [-0.2, 0) is 29.7 Å². The molecule has 0 N–H and O–H groups in total. The molecule has 0 amide bonds. The van der Waals surface area contributed by atoms with Crippen LogP contribution in [-0.4, -0.2) is 25.7 Å². The van der Waals surface area contributed by atoms with Gasteiger partial charge in [-0.1, -0.05) is 50.3 Å². The van der Waals surface area contributed by atoms with E-state index in [0.29, 0.717) is 18.1 Å². The van der Waals surface area contributed by atoms with E-state index in [-0.39, 0.29) is 16.4 Å². The first-order chi connectivity index (χ1) is 12.4. The van der Waals surface area contributed by atoms with Crippen molar-refractivity contribution in [3.05, 3.63) is 29.8 Å². The quantitative estimate of drug-likeness (QED) is 0.541. The van der Waals surface area contributed by atoms with Crippen molar-refractivity contribution in [2.75, 3.05) is 11.5 Å². The number of unbranched alkanes of at least 4 members (excludes halogenated alkanes) is 1. The Morgan fingerprint density at radius 2 is 1.81 bits per heavy atom. The van der Waals surface area contributed by atoms with Crippen LogP contribution in [0.25, 0.3) is 0 Å². The molecule has 0 aromatic heterocycles. The van der Waals surface area contributed by atoms with Crippen molar-refractivity contribution in [1.82, 2.24) is 0 Å². The number of ketones is 1. The van der Waals surface area contributed by atoms with Crippen LogP contribution < -0.4 is 0 Å². The van der Waals surface area contributed by atoms with E-state index >= 15 is 0 Å². The molecule has 0 bridgehead atoms. The van der Waals surface area contributed by atoms with Gasteiger partial charge in [-0.3, -0.25) is 4.79 Å². The van der Waals surface area contributed by atoms with Gasteiger partial charge >= 0.3 is 10.1 Å². The second-order valence-electron chi connectivity index (χ2n) is 7.23. The highest BCUT2D eigenvalue weighted by molar-refractivity contribution is 8.03. The van der Waals surface area contributed by atoms with Crippen LogP contribution >= 0.6 is 0 Å². The highest BCUT2D eigenvalue weighted by Crippen LogP contribution is 2.27. The zero-order valence-corrected chi connectivity index (χ0v) is 17.5. The Morgan fingerprint density at radius 3 is 2.42 bits per heavy atom. The van der Waals surface area contributed by atoms with Crippen LogP contribution in [0.3, 0.4) is 0 Å². The van der Waals surface area contributed by atoms with Gasteiger partial charge in [-0.25, -0.2) is 0 Å². The van der Waals surface area contributed by atoms with Gasteiger partial charge in [-0.05, 0) is 41.9 Å². The molecule has 1 aromatic carbocycles. The predicted molar refractivity (Wildman–Crippen MR) is 108 cm³/mol. The first kappa shape index (κ1) is 21.5. The van der Waals surface area contributed by atoms with Gasteiger partial charge in [0.2, 0.25) is 5.75 Å². The molecule has 1 fully saturated rings. The lowest BCUT2D eigenvalue weighted by Gasteiger charge is -2.20. The SMILES string of the molecule is CCCCC(=O)C[S+](CC1CCCCC1)OS(=O)(=O)c1ccc(C)cc1. The number of carbonyl (C=O) groups is 1. The molecular weight excluding hydrogens is 368 g/mol. The molecule has 1 unspecified atom stereocenters. The van der Waals surface area contributed by atoms with Gasteiger partial charge in [0.05, 0.1) is 4.90 Å². The van der Waals surface area contributed by atoms with E-state index in [2.05, 4.69) is 0 Å². The molecule has 146 valence electrons. The van der Waals surface area contributed by atoms with E-state index in [1.165, 1.54) is 19.3 Å². The maximum Gasteiger partial charge on any atom is 0.339 e. The summed E-state index contributed by atoms with van der Waals surface area (Å²) in [4.78, 5) is 12.4. The number of carbonyl (C=O) groups excluding carboxylic acids is 1. The van der Waals surface area contributed by atoms with E-state index in [0.717, 1.165) is 31.2 Å². The standard InChI is InChI=1S/C20H31O4S2/c1-3-4-10-19(21)16-25(15-18-8-6-5-7-9-18)24-26(22,23)20-13-11-17(2)12-14-20/h11-14,18H,3-10,15-16H2,1-2H3/q+1. The second kappa shape index (κ2) is 10.5. The normalized spacial score (nSPS) is 17.2. The molecule has 0 saturated heterocycles. The molecule has 6 heteroatoms. The Kier molecular flexibility index (Phi) is 8.64. The highest BCUT2D eigenvalue weighted by atomic mass is 32.3. The molecule has 0 radical (unpaired) electrons. The Labute approximate surface area is 161 Å². The summed E-state index contributed by atoms with van der Waals surface area (Å²) in [6.07, 6.45) is 8.18. The zero-order valence-electron chi connectivity index (χ0n) is 15.9. The zero-order chi connectivity index (χ0) is 19.0. The largest absolute Gasteiger partial charge is 0.339 e. The molecule has 1 aliphatic carbocycles. The van der Waals surface area contributed by atoms with Gasteiger partial charge in [0, 0.05) is 12.3 Å². The summed E-state index contributed by atoms with van der Waals surface area (Å²) in [5, 5.41) is 0. The van der Waals surface area contributed by atoms with Crippen molar-refractivity contribution in [2.45, 2.75) is 70.1 Å². The molecule has 26 heavy (non-hydrogen) atoms. The molecule has 2 rings (SSSR count). The average Bonchev–Trinajstić information content (AvgIpc) is 2.61. The molecule has 0 heterocycles. The minimum absolute atomic E-state index is 0.116. The number of hydrogen-bond donors (Lipinski definition) is 0. The molecule has 1 aromatic rings. The summed E-state index contributed by atoms with van der Waals surface area (Å²) in [6.45, 7) is 3.96. The third kappa shape index (κ3) is 7.05. The van der Waals surface area contributed by atoms with E-state index in [4.69, 9.17) is 3.63 Å². The smallest absolute Gasteiger partial charge is 0.294 e. The van der Waals surface area contributed by atoms with E-state index in [1.54, 1.807) is 24.3 Å². The minimum Gasteiger partial charge on any atom is -0.294 e. The topological polar surface area (TPSA) is 60.4 Å². The molecule has 4 nitrogen and oxygen atoms in total. The monoisotopic (exact) mass is 399 g/mol. The fourth-order valence-corrected chi connectivity index (χ4v) is 6.92. The molecule has 1 atom stereocenters. The third-order valence-corrected chi connectivity index (χ3v) is 8.60. The average molecular weight is 400 g/mol. The Morgan fingerprint density at radius 1 is 1.15 bits per heavy atom. The van der Waals surface area contributed by atoms with E-state index in [9.17, 15) is 13.2 Å². The number of aryl methyl sites for hydroxylation is 1. The third-order valence-electron chi connectivity index (χ3n) is 4.77. The fourth-order valence-electron chi connectivity index (χ4n) is 3.22. The predicted octanol–water partition coefficient (Wildman–Crippen LogP) is 4.57. The van der Waals surface area contributed by atoms with Crippen LogP contribution in [0.15, 0.2) is 29.2 Å². The van der Waals surface area contributed by atoms with Crippen molar-refractivity contribution >= 4 is 27.1 Å². The van der Waals surface area contributed by atoms with E-state index in [1.807, 2.05) is 13.8 Å². The number of hydrogen-bond acceptors (Lipinski definition) is 4. The Hall–Kier alpha value is -0.850. The Bertz CT molecular complexity index is 662. The summed E-state index contributed by atoms with van der Waals surface area (Å²) in [5.41, 5.74) is 1.000. The second-order valence-corrected chi connectivity index (χ2v) is 10.7. The summed E-state index contributed by atoms with van der Waals surface area (Å²) >= 11 is -0.868. The van der Waals surface area contributed by atoms with Gasteiger partial charge in [0.25, 0.3) is 0 Å². The number of rotatable bonds is 10. The van der Waals surface area contributed by atoms with Gasteiger partial charge in [-0.15, -0.1) is 0 Å². The highest BCUT2D eigenvalue weighted by Gasteiger charge is 2.36. The molecule has 0 aliphatic heterocycles. The van der Waals surface area contributed by atoms with Crippen LogP contribution in [0.1, 0.15) is 63.9 Å². The van der Waals surface area contributed by atoms with Crippen LogP contribution in [0.2, 0.25) is 0 Å². The lowest BCUT2D eigenvalue weighted by Crippen LogP contribution is -2.29. The first-order valence-corrected chi connectivity index (χ1v) is 12.5. The Balaban J connectivity index is 2.07. The minimum atomic E-state index is -3.83. The van der Waals surface area contributed by atoms with Gasteiger partial charge in [0.15, 0.2) is 17.0 Å². The summed E-state index contributed by atoms with van der Waals surface area (Å²) in [7, 11) is -3.83. The number of Topliss-reactive ketones (excluding diaryl/α,β-unsaturated/α-hetero) is 1. The van der Waals surface area contributed by atoms with Crippen molar-refractivity contribution in [3.8, 4) is 0 Å². The van der Waals surface area contributed by atoms with Crippen molar-refractivity contribution in [1.29, 1.82) is 0 Å². The summed E-state index contributed by atoms with van der Waals surface area (Å²) < 4.78 is 30.9. The number of benzene rings is 1. The van der Waals surface area contributed by atoms with Crippen molar-refractivity contribution in [2.24, 2.45) is 5.92 Å². The molecule has 1 saturated carbocycles. The summed E-state index contributed by atoms with van der Waals surface area (Å²) in [6, 6.07) is 6.68. The van der Waals surface area contributed by atoms with E-state index < -0.39 is 21.3 Å². The van der Waals surface area contributed by atoms with Crippen molar-refractivity contribution in [3.63, 3.8) is 0 Å². The van der Waals surface area contributed by atoms with Crippen LogP contribution in [0.4, 0.5) is 0 Å². The lowest BCUT2D eigenvalue weighted by molar-refractivity contribution is -0.116. The lowest BCUT2D eigenvalue weighted by atomic mass is 9.91. The molecule has 0 spiro atoms. The molecular formula is C20H31O4S2+. The maximum absolute atomic E-state index is 12.7. The molecule has 1 aliphatic rings. The van der Waals surface area contributed by atoms with Crippen LogP contribution in [0.5, 0.6) is 0 Å². The van der Waals surface area contributed by atoms with Crippen LogP contribution in [0, 0.1) is 12.8 Å². The van der Waals surface area contributed by atoms with Gasteiger partial charge in [0.1, 0.15) is 5.75 Å². The summed E-state index contributed by atoms with van der Waals surface area (Å²) in [5.74, 6) is 1.49. The van der Waals surface area contributed by atoms with Crippen molar-refractivity contribution < 1.29 is 16.8 Å². The van der Waals surface area contributed by atoms with Gasteiger partial charge < -0.3 is 0 Å².